The normalized spacial score (nSPS) is 13.1. The van der Waals surface area contributed by atoms with Gasteiger partial charge in [-0.25, -0.2) is 0 Å². The molecule has 0 aliphatic heterocycles. The third-order valence-corrected chi connectivity index (χ3v) is 12.6. The minimum atomic E-state index is -0.799. The van der Waals surface area contributed by atoms with E-state index in [0.29, 0.717) is 19.3 Å². The van der Waals surface area contributed by atoms with E-state index in [2.05, 4.69) is 154 Å². The molecule has 75 heavy (non-hydrogen) atoms. The van der Waals surface area contributed by atoms with E-state index in [1.165, 1.54) is 57.8 Å². The van der Waals surface area contributed by atoms with Crippen molar-refractivity contribution in [2.24, 2.45) is 0 Å². The molecule has 0 rings (SSSR count). The Morgan fingerprint density at radius 3 is 0.813 bits per heavy atom. The van der Waals surface area contributed by atoms with Crippen molar-refractivity contribution in [2.45, 2.75) is 271 Å². The van der Waals surface area contributed by atoms with Gasteiger partial charge < -0.3 is 14.2 Å². The van der Waals surface area contributed by atoms with Gasteiger partial charge in [-0.3, -0.25) is 14.4 Å². The fraction of sp³-hybridized carbons (Fsp3) is 0.638. The summed E-state index contributed by atoms with van der Waals surface area (Å²) in [5, 5.41) is 0. The first-order valence-corrected chi connectivity index (χ1v) is 30.7. The standard InChI is InChI=1S/C69H112O6/c1-4-7-10-13-16-19-22-25-27-28-29-30-31-32-33-34-35-36-37-38-39-40-42-44-47-50-53-56-59-62-68(71)74-65-66(64-73-67(70)61-58-55-52-49-46-43-24-21-18-15-12-9-6-3)75-69(72)63-60-57-54-51-48-45-41-26-23-20-17-14-11-8-5-2/h7-8,10-12,15-17,19-21,24-27,29-30,32-33,35-36,41,66H,4-6,9,13-14,18,22-23,28,31,34,37-40,42-65H2,1-3H3/b10-7-,11-8-,15-12-,19-16-,20-17-,24-21-,27-25-,30-29-,33-32-,36-35-,41-26-. The fourth-order valence-electron chi connectivity index (χ4n) is 8.09. The van der Waals surface area contributed by atoms with Crippen LogP contribution < -0.4 is 0 Å². The van der Waals surface area contributed by atoms with E-state index in [1.807, 2.05) is 0 Å². The Balaban J connectivity index is 4.31. The van der Waals surface area contributed by atoms with Gasteiger partial charge >= 0.3 is 17.9 Å². The monoisotopic (exact) mass is 1040 g/mol. The number of hydrogen-bond acceptors (Lipinski definition) is 6. The second-order valence-electron chi connectivity index (χ2n) is 19.8. The Morgan fingerprint density at radius 2 is 0.520 bits per heavy atom. The topological polar surface area (TPSA) is 78.9 Å². The van der Waals surface area contributed by atoms with Gasteiger partial charge in [0, 0.05) is 19.3 Å². The molecule has 0 saturated heterocycles. The lowest BCUT2D eigenvalue weighted by Crippen LogP contribution is -2.30. The molecule has 6 nitrogen and oxygen atoms in total. The summed E-state index contributed by atoms with van der Waals surface area (Å²) in [7, 11) is 0. The molecule has 1 unspecified atom stereocenters. The number of carbonyl (C=O) groups is 3. The molecule has 424 valence electrons. The van der Waals surface area contributed by atoms with Crippen molar-refractivity contribution in [3.8, 4) is 0 Å². The lowest BCUT2D eigenvalue weighted by atomic mass is 10.1. The van der Waals surface area contributed by atoms with E-state index < -0.39 is 6.10 Å². The smallest absolute Gasteiger partial charge is 0.306 e. The quantitative estimate of drug-likeness (QED) is 0.0261. The second kappa shape index (κ2) is 62.1. The minimum absolute atomic E-state index is 0.0953. The van der Waals surface area contributed by atoms with Crippen molar-refractivity contribution in [3.63, 3.8) is 0 Å². The highest BCUT2D eigenvalue weighted by Crippen LogP contribution is 2.15. The largest absolute Gasteiger partial charge is 0.462 e. The summed E-state index contributed by atoms with van der Waals surface area (Å²) in [6.45, 7) is 6.32. The third kappa shape index (κ3) is 60.3. The van der Waals surface area contributed by atoms with E-state index >= 15 is 0 Å². The second-order valence-corrected chi connectivity index (χ2v) is 19.8. The number of allylic oxidation sites excluding steroid dienone is 22. The molecule has 0 aromatic rings. The van der Waals surface area contributed by atoms with Crippen molar-refractivity contribution >= 4 is 17.9 Å². The van der Waals surface area contributed by atoms with Crippen molar-refractivity contribution in [1.29, 1.82) is 0 Å². The lowest BCUT2D eigenvalue weighted by molar-refractivity contribution is -0.167. The molecule has 1 atom stereocenters. The summed E-state index contributed by atoms with van der Waals surface area (Å²) in [5.74, 6) is -0.932. The van der Waals surface area contributed by atoms with E-state index in [0.717, 1.165) is 167 Å². The van der Waals surface area contributed by atoms with Gasteiger partial charge in [-0.2, -0.15) is 0 Å². The van der Waals surface area contributed by atoms with Gasteiger partial charge in [0.05, 0.1) is 0 Å². The van der Waals surface area contributed by atoms with E-state index in [-0.39, 0.29) is 31.1 Å². The summed E-state index contributed by atoms with van der Waals surface area (Å²) < 4.78 is 16.9. The van der Waals surface area contributed by atoms with Gasteiger partial charge in [0.1, 0.15) is 13.2 Å². The van der Waals surface area contributed by atoms with Crippen LogP contribution in [0.1, 0.15) is 265 Å². The van der Waals surface area contributed by atoms with Crippen molar-refractivity contribution in [2.75, 3.05) is 13.2 Å². The molecular weight excluding hydrogens is 925 g/mol. The van der Waals surface area contributed by atoms with Crippen LogP contribution in [0.2, 0.25) is 0 Å². The van der Waals surface area contributed by atoms with E-state index in [4.69, 9.17) is 14.2 Å². The molecular formula is C69H112O6. The van der Waals surface area contributed by atoms with Crippen LogP contribution >= 0.6 is 0 Å². The zero-order valence-corrected chi connectivity index (χ0v) is 48.5. The van der Waals surface area contributed by atoms with Gasteiger partial charge in [0.15, 0.2) is 6.10 Å². The minimum Gasteiger partial charge on any atom is -0.462 e. The molecule has 0 spiro atoms. The van der Waals surface area contributed by atoms with Gasteiger partial charge in [-0.05, 0) is 128 Å². The SMILES string of the molecule is CC/C=C\C/C=C\C/C=C\C/C=C\C/C=C\C/C=C\CCCCCCCCCCCCC(=O)OCC(COC(=O)CCCCCCC/C=C\C/C=C\CCC)OC(=O)CCCCCCC/C=C\C/C=C\C/C=C\CC. The van der Waals surface area contributed by atoms with Crippen molar-refractivity contribution in [3.05, 3.63) is 134 Å². The van der Waals surface area contributed by atoms with Gasteiger partial charge in [0.2, 0.25) is 0 Å². The summed E-state index contributed by atoms with van der Waals surface area (Å²) >= 11 is 0. The lowest BCUT2D eigenvalue weighted by Gasteiger charge is -2.18. The number of esters is 3. The fourth-order valence-corrected chi connectivity index (χ4v) is 8.09. The van der Waals surface area contributed by atoms with Crippen LogP contribution in [0.25, 0.3) is 0 Å². The van der Waals surface area contributed by atoms with E-state index in [9.17, 15) is 14.4 Å². The highest BCUT2D eigenvalue weighted by atomic mass is 16.6. The highest BCUT2D eigenvalue weighted by Gasteiger charge is 2.19. The first-order chi connectivity index (χ1) is 37.0. The Morgan fingerprint density at radius 1 is 0.280 bits per heavy atom. The number of carbonyl (C=O) groups excluding carboxylic acids is 3. The Kier molecular flexibility index (Phi) is 58.4. The molecule has 0 radical (unpaired) electrons. The van der Waals surface area contributed by atoms with Crippen LogP contribution in [0.15, 0.2) is 134 Å². The van der Waals surface area contributed by atoms with Crippen LogP contribution in [0.5, 0.6) is 0 Å². The number of hydrogen-bond donors (Lipinski definition) is 0. The van der Waals surface area contributed by atoms with Crippen molar-refractivity contribution in [1.82, 2.24) is 0 Å². The zero-order chi connectivity index (χ0) is 54.3. The van der Waals surface area contributed by atoms with Crippen LogP contribution in [0, 0.1) is 0 Å². The highest BCUT2D eigenvalue weighted by molar-refractivity contribution is 5.71. The molecule has 0 saturated carbocycles. The molecule has 0 aromatic heterocycles. The van der Waals surface area contributed by atoms with Crippen LogP contribution in [-0.2, 0) is 28.6 Å². The Labute approximate surface area is 462 Å². The average molecular weight is 1040 g/mol. The zero-order valence-electron chi connectivity index (χ0n) is 48.5. The third-order valence-electron chi connectivity index (χ3n) is 12.6. The maximum absolute atomic E-state index is 12.9. The average Bonchev–Trinajstić information content (AvgIpc) is 3.41. The molecule has 0 heterocycles. The maximum atomic E-state index is 12.9. The Bertz CT molecular complexity index is 1620. The Hall–Kier alpha value is -4.45. The van der Waals surface area contributed by atoms with Crippen LogP contribution in [0.3, 0.4) is 0 Å². The summed E-state index contributed by atoms with van der Waals surface area (Å²) in [6.07, 6.45) is 87.4. The molecule has 0 bridgehead atoms. The molecule has 0 fully saturated rings. The first-order valence-electron chi connectivity index (χ1n) is 30.7. The first kappa shape index (κ1) is 70.5. The molecule has 0 amide bonds. The van der Waals surface area contributed by atoms with E-state index in [1.54, 1.807) is 0 Å². The maximum Gasteiger partial charge on any atom is 0.306 e. The number of rotatable bonds is 54. The van der Waals surface area contributed by atoms with Crippen LogP contribution in [-0.4, -0.2) is 37.2 Å². The summed E-state index contributed by atoms with van der Waals surface area (Å²) in [4.78, 5) is 38.2. The molecule has 0 aliphatic rings. The number of unbranched alkanes of at least 4 members (excludes halogenated alkanes) is 21. The van der Waals surface area contributed by atoms with Crippen molar-refractivity contribution < 1.29 is 28.6 Å². The molecule has 0 aromatic carbocycles. The van der Waals surface area contributed by atoms with Gasteiger partial charge in [-0.1, -0.05) is 251 Å². The summed E-state index contributed by atoms with van der Waals surface area (Å²) in [6, 6.07) is 0. The molecule has 0 aliphatic carbocycles. The predicted molar refractivity (Wildman–Crippen MR) is 325 cm³/mol. The van der Waals surface area contributed by atoms with Crippen LogP contribution in [0.4, 0.5) is 0 Å². The summed E-state index contributed by atoms with van der Waals surface area (Å²) in [5.41, 5.74) is 0. The van der Waals surface area contributed by atoms with Gasteiger partial charge in [0.25, 0.3) is 0 Å². The predicted octanol–water partition coefficient (Wildman–Crippen LogP) is 21.0. The number of ether oxygens (including phenoxy) is 3. The molecule has 0 N–H and O–H groups in total. The van der Waals surface area contributed by atoms with Gasteiger partial charge in [-0.15, -0.1) is 0 Å². The molecule has 6 heteroatoms.